The van der Waals surface area contributed by atoms with Crippen LogP contribution in [0, 0.1) is 0 Å². The summed E-state index contributed by atoms with van der Waals surface area (Å²) in [4.78, 5) is 28.2. The third-order valence-electron chi connectivity index (χ3n) is 3.36. The Kier molecular flexibility index (Phi) is 5.28. The molecule has 0 aliphatic rings. The van der Waals surface area contributed by atoms with Crippen molar-refractivity contribution in [1.82, 2.24) is 4.98 Å². The molecule has 2 heterocycles. The maximum atomic E-state index is 12.1. The van der Waals surface area contributed by atoms with Crippen LogP contribution in [-0.4, -0.2) is 23.5 Å². The first kappa shape index (κ1) is 17.2. The molecule has 0 saturated heterocycles. The Morgan fingerprint density at radius 2 is 2.08 bits per heavy atom. The normalized spacial score (nSPS) is 10.2. The summed E-state index contributed by atoms with van der Waals surface area (Å²) >= 11 is 0. The van der Waals surface area contributed by atoms with Gasteiger partial charge >= 0.3 is 5.97 Å². The third kappa shape index (κ3) is 4.07. The van der Waals surface area contributed by atoms with Crippen molar-refractivity contribution in [2.75, 3.05) is 11.9 Å². The van der Waals surface area contributed by atoms with E-state index in [2.05, 4.69) is 10.3 Å². The fourth-order valence-electron chi connectivity index (χ4n) is 2.18. The Morgan fingerprint density at radius 1 is 1.19 bits per heavy atom. The summed E-state index contributed by atoms with van der Waals surface area (Å²) in [5.41, 5.74) is 1.16. The molecule has 1 aromatic carbocycles. The molecule has 0 aliphatic heterocycles. The first-order valence-electron chi connectivity index (χ1n) is 7.91. The second-order valence-electron chi connectivity index (χ2n) is 5.17. The summed E-state index contributed by atoms with van der Waals surface area (Å²) in [6.45, 7) is 1.98. The van der Waals surface area contributed by atoms with E-state index in [9.17, 15) is 9.59 Å². The van der Waals surface area contributed by atoms with Crippen LogP contribution in [0.4, 0.5) is 5.69 Å². The van der Waals surface area contributed by atoms with Crippen molar-refractivity contribution >= 4 is 17.6 Å². The van der Waals surface area contributed by atoms with Crippen molar-refractivity contribution in [2.24, 2.45) is 0 Å². The van der Waals surface area contributed by atoms with Crippen LogP contribution in [0.2, 0.25) is 0 Å². The zero-order valence-corrected chi connectivity index (χ0v) is 14.0. The molecule has 0 spiro atoms. The van der Waals surface area contributed by atoms with Gasteiger partial charge in [-0.15, -0.1) is 0 Å². The molecule has 0 radical (unpaired) electrons. The van der Waals surface area contributed by atoms with Crippen LogP contribution >= 0.6 is 0 Å². The zero-order valence-electron chi connectivity index (χ0n) is 14.0. The molecule has 0 aliphatic carbocycles. The number of ether oxygens (including phenoxy) is 2. The number of anilines is 1. The van der Waals surface area contributed by atoms with Crippen LogP contribution in [0.15, 0.2) is 65.6 Å². The molecule has 0 bridgehead atoms. The van der Waals surface area contributed by atoms with Crippen LogP contribution in [0.5, 0.6) is 11.6 Å². The highest BCUT2D eigenvalue weighted by molar-refractivity contribution is 6.04. The Bertz CT molecular complexity index is 906. The van der Waals surface area contributed by atoms with Crippen molar-refractivity contribution < 1.29 is 23.5 Å². The van der Waals surface area contributed by atoms with Gasteiger partial charge in [-0.3, -0.25) is 4.79 Å². The van der Waals surface area contributed by atoms with Crippen molar-refractivity contribution in [2.45, 2.75) is 6.92 Å². The number of nitrogens with zero attached hydrogens (tertiary/aromatic N) is 1. The maximum Gasteiger partial charge on any atom is 0.343 e. The van der Waals surface area contributed by atoms with E-state index < -0.39 is 5.97 Å². The van der Waals surface area contributed by atoms with Crippen LogP contribution in [0.3, 0.4) is 0 Å². The number of carbonyl (C=O) groups excluding carboxylic acids is 2. The Balaban J connectivity index is 1.77. The molecule has 0 saturated carbocycles. The largest absolute Gasteiger partial charge is 0.472 e. The molecule has 3 aromatic rings. The Morgan fingerprint density at radius 3 is 2.85 bits per heavy atom. The highest BCUT2D eigenvalue weighted by Crippen LogP contribution is 2.26. The molecular formula is C19H16N2O5. The number of nitrogens with one attached hydrogen (secondary N) is 1. The van der Waals surface area contributed by atoms with E-state index in [-0.39, 0.29) is 24.0 Å². The number of esters is 1. The summed E-state index contributed by atoms with van der Waals surface area (Å²) in [6.07, 6.45) is 4.30. The number of hydrogen-bond donors (Lipinski definition) is 1. The van der Waals surface area contributed by atoms with Crippen molar-refractivity contribution in [3.63, 3.8) is 0 Å². The molecule has 26 heavy (non-hydrogen) atoms. The smallest absolute Gasteiger partial charge is 0.343 e. The minimum Gasteiger partial charge on any atom is -0.472 e. The molecule has 2 aromatic heterocycles. The standard InChI is InChI=1S/C19H16N2O5/c1-2-25-19(23)16-7-4-9-20-18(16)26-15-6-3-5-14(11-15)21-17(22)13-8-10-24-12-13/h3-12H,2H2,1H3,(H,21,22). The average Bonchev–Trinajstić information content (AvgIpc) is 3.17. The molecule has 7 heteroatoms. The first-order valence-corrected chi connectivity index (χ1v) is 7.91. The fourth-order valence-corrected chi connectivity index (χ4v) is 2.18. The lowest BCUT2D eigenvalue weighted by Gasteiger charge is -2.10. The van der Waals surface area contributed by atoms with E-state index in [1.54, 1.807) is 49.4 Å². The van der Waals surface area contributed by atoms with E-state index in [4.69, 9.17) is 13.9 Å². The number of benzene rings is 1. The lowest BCUT2D eigenvalue weighted by Crippen LogP contribution is -2.10. The minimum atomic E-state index is -0.514. The van der Waals surface area contributed by atoms with Gasteiger partial charge in [-0.25, -0.2) is 9.78 Å². The van der Waals surface area contributed by atoms with Crippen molar-refractivity contribution in [3.8, 4) is 11.6 Å². The van der Waals surface area contributed by atoms with Gasteiger partial charge < -0.3 is 19.2 Å². The fraction of sp³-hybridized carbons (Fsp3) is 0.105. The number of pyridine rings is 1. The van der Waals surface area contributed by atoms with Gasteiger partial charge in [-0.05, 0) is 37.3 Å². The number of amides is 1. The van der Waals surface area contributed by atoms with E-state index in [0.29, 0.717) is 17.0 Å². The third-order valence-corrected chi connectivity index (χ3v) is 3.36. The predicted molar refractivity (Wildman–Crippen MR) is 93.4 cm³/mol. The number of furan rings is 1. The summed E-state index contributed by atoms with van der Waals surface area (Å²) in [5.74, 6) is -0.274. The van der Waals surface area contributed by atoms with Gasteiger partial charge in [-0.1, -0.05) is 6.07 Å². The zero-order chi connectivity index (χ0) is 18.4. The number of hydrogen-bond acceptors (Lipinski definition) is 6. The van der Waals surface area contributed by atoms with Crippen molar-refractivity contribution in [3.05, 3.63) is 72.3 Å². The SMILES string of the molecule is CCOC(=O)c1cccnc1Oc1cccc(NC(=O)c2ccoc2)c1. The Labute approximate surface area is 149 Å². The van der Waals surface area contributed by atoms with Gasteiger partial charge in [0.25, 0.3) is 5.91 Å². The monoisotopic (exact) mass is 352 g/mol. The Hall–Kier alpha value is -3.61. The summed E-state index contributed by atoms with van der Waals surface area (Å²) < 4.78 is 15.6. The van der Waals surface area contributed by atoms with E-state index in [0.717, 1.165) is 0 Å². The van der Waals surface area contributed by atoms with Crippen LogP contribution in [-0.2, 0) is 4.74 Å². The van der Waals surface area contributed by atoms with Gasteiger partial charge in [0.15, 0.2) is 0 Å². The van der Waals surface area contributed by atoms with Gasteiger partial charge in [0.05, 0.1) is 18.4 Å². The van der Waals surface area contributed by atoms with E-state index in [1.165, 1.54) is 18.7 Å². The molecule has 1 N–H and O–H groups in total. The minimum absolute atomic E-state index is 0.129. The van der Waals surface area contributed by atoms with Crippen LogP contribution in [0.1, 0.15) is 27.6 Å². The maximum absolute atomic E-state index is 12.1. The molecular weight excluding hydrogens is 336 g/mol. The van der Waals surface area contributed by atoms with Gasteiger partial charge in [0, 0.05) is 18.0 Å². The van der Waals surface area contributed by atoms with Crippen LogP contribution in [0.25, 0.3) is 0 Å². The summed E-state index contributed by atoms with van der Waals surface area (Å²) in [5, 5.41) is 2.74. The molecule has 1 amide bonds. The van der Waals surface area contributed by atoms with Gasteiger partial charge in [0.1, 0.15) is 17.6 Å². The second kappa shape index (κ2) is 7.98. The van der Waals surface area contributed by atoms with Gasteiger partial charge in [0.2, 0.25) is 5.88 Å². The summed E-state index contributed by atoms with van der Waals surface area (Å²) in [7, 11) is 0. The average molecular weight is 352 g/mol. The molecule has 0 atom stereocenters. The lowest BCUT2D eigenvalue weighted by molar-refractivity contribution is 0.0522. The van der Waals surface area contributed by atoms with E-state index >= 15 is 0 Å². The molecule has 0 fully saturated rings. The quantitative estimate of drug-likeness (QED) is 0.677. The number of carbonyl (C=O) groups is 2. The topological polar surface area (TPSA) is 90.7 Å². The second-order valence-corrected chi connectivity index (χ2v) is 5.17. The molecule has 0 unspecified atom stereocenters. The van der Waals surface area contributed by atoms with Crippen molar-refractivity contribution in [1.29, 1.82) is 0 Å². The van der Waals surface area contributed by atoms with Gasteiger partial charge in [-0.2, -0.15) is 0 Å². The molecule has 3 rings (SSSR count). The van der Waals surface area contributed by atoms with Crippen LogP contribution < -0.4 is 10.1 Å². The molecule has 132 valence electrons. The lowest BCUT2D eigenvalue weighted by atomic mass is 10.2. The van der Waals surface area contributed by atoms with E-state index in [1.807, 2.05) is 0 Å². The first-order chi connectivity index (χ1) is 12.7. The molecule has 7 nitrogen and oxygen atoms in total. The predicted octanol–water partition coefficient (Wildman–Crippen LogP) is 3.90. The summed E-state index contributed by atoms with van der Waals surface area (Å²) in [6, 6.07) is 11.5. The highest BCUT2D eigenvalue weighted by atomic mass is 16.5. The highest BCUT2D eigenvalue weighted by Gasteiger charge is 2.15. The number of aromatic nitrogens is 1. The number of rotatable bonds is 6.